The van der Waals surface area contributed by atoms with E-state index < -0.39 is 17.7 Å². The van der Waals surface area contributed by atoms with Crippen LogP contribution in [0, 0.1) is 0 Å². The molecule has 2 fully saturated rings. The number of nitrogens with one attached hydrogen (secondary N) is 2. The second-order valence-electron chi connectivity index (χ2n) is 10.0. The van der Waals surface area contributed by atoms with Gasteiger partial charge in [0, 0.05) is 12.1 Å². The molecule has 7 heteroatoms. The zero-order chi connectivity index (χ0) is 24.0. The molecule has 1 unspecified atom stereocenters. The molecule has 1 aromatic carbocycles. The van der Waals surface area contributed by atoms with Gasteiger partial charge in [-0.1, -0.05) is 50.1 Å². The maximum absolute atomic E-state index is 13.6. The number of carbonyl (C=O) groups is 3. The van der Waals surface area contributed by atoms with Gasteiger partial charge in [0.1, 0.15) is 18.2 Å². The quantitative estimate of drug-likeness (QED) is 0.611. The number of nitrogens with zero attached hydrogens (tertiary/aromatic N) is 1. The van der Waals surface area contributed by atoms with Crippen molar-refractivity contribution < 1.29 is 19.1 Å². The summed E-state index contributed by atoms with van der Waals surface area (Å²) in [7, 11) is 0. The second kappa shape index (κ2) is 10.9. The molecule has 0 aromatic heterocycles. The smallest absolute Gasteiger partial charge is 0.408 e. The Bertz CT molecular complexity index is 867. The minimum Gasteiger partial charge on any atom is -0.444 e. The van der Waals surface area contributed by atoms with E-state index in [9.17, 15) is 14.4 Å². The van der Waals surface area contributed by atoms with Crippen LogP contribution in [0.1, 0.15) is 82.9 Å². The Kier molecular flexibility index (Phi) is 8.16. The number of hydrogen-bond acceptors (Lipinski definition) is 4. The van der Waals surface area contributed by atoms with Gasteiger partial charge in [0.05, 0.1) is 0 Å². The van der Waals surface area contributed by atoms with Crippen LogP contribution < -0.4 is 10.6 Å². The average molecular weight is 456 g/mol. The second-order valence-corrected chi connectivity index (χ2v) is 10.0. The van der Waals surface area contributed by atoms with Gasteiger partial charge in [0.25, 0.3) is 0 Å². The van der Waals surface area contributed by atoms with Crippen LogP contribution in [-0.4, -0.2) is 47.0 Å². The zero-order valence-electron chi connectivity index (χ0n) is 20.1. The first-order valence-electron chi connectivity index (χ1n) is 12.0. The maximum Gasteiger partial charge on any atom is 0.408 e. The molecule has 0 heterocycles. The lowest BCUT2D eigenvalue weighted by Crippen LogP contribution is -2.50. The number of benzene rings is 1. The van der Waals surface area contributed by atoms with Crippen molar-refractivity contribution in [2.24, 2.45) is 0 Å². The lowest BCUT2D eigenvalue weighted by atomic mass is 9.94. The van der Waals surface area contributed by atoms with E-state index in [2.05, 4.69) is 17.2 Å². The molecule has 180 valence electrons. The monoisotopic (exact) mass is 455 g/mol. The van der Waals surface area contributed by atoms with Crippen molar-refractivity contribution in [2.75, 3.05) is 6.54 Å². The third-order valence-corrected chi connectivity index (χ3v) is 5.95. The van der Waals surface area contributed by atoms with E-state index in [4.69, 9.17) is 4.74 Å². The summed E-state index contributed by atoms with van der Waals surface area (Å²) in [5.41, 5.74) is 0.980. The fourth-order valence-electron chi connectivity index (χ4n) is 4.29. The lowest BCUT2D eigenvalue weighted by Gasteiger charge is -2.34. The first kappa shape index (κ1) is 24.8. The molecule has 1 atom stereocenters. The van der Waals surface area contributed by atoms with Crippen LogP contribution in [0.4, 0.5) is 4.79 Å². The minimum atomic E-state index is -0.757. The first-order chi connectivity index (χ1) is 15.7. The van der Waals surface area contributed by atoms with Crippen LogP contribution in [0.15, 0.2) is 30.8 Å². The molecule has 1 aromatic rings. The van der Waals surface area contributed by atoms with Gasteiger partial charge in [0.15, 0.2) is 0 Å². The molecule has 0 radical (unpaired) electrons. The molecule has 0 spiro atoms. The van der Waals surface area contributed by atoms with Crippen molar-refractivity contribution >= 4 is 24.0 Å². The average Bonchev–Trinajstić information content (AvgIpc) is 3.60. The summed E-state index contributed by atoms with van der Waals surface area (Å²) in [4.78, 5) is 40.6. The number of hydrogen-bond donors (Lipinski definition) is 2. The molecule has 2 N–H and O–H groups in total. The van der Waals surface area contributed by atoms with E-state index in [1.807, 2.05) is 24.3 Å². The third kappa shape index (κ3) is 7.34. The van der Waals surface area contributed by atoms with Crippen molar-refractivity contribution in [3.8, 4) is 0 Å². The molecule has 2 saturated carbocycles. The Morgan fingerprint density at radius 1 is 1.15 bits per heavy atom. The van der Waals surface area contributed by atoms with Crippen molar-refractivity contribution in [3.63, 3.8) is 0 Å². The summed E-state index contributed by atoms with van der Waals surface area (Å²) in [6, 6.07) is 6.93. The Morgan fingerprint density at radius 3 is 2.45 bits per heavy atom. The summed E-state index contributed by atoms with van der Waals surface area (Å²) >= 11 is 0. The molecule has 3 rings (SSSR count). The number of carbonyl (C=O) groups excluding carboxylic acids is 3. The highest BCUT2D eigenvalue weighted by molar-refractivity contribution is 5.91. The normalized spacial score (nSPS) is 17.5. The Morgan fingerprint density at radius 2 is 1.85 bits per heavy atom. The van der Waals surface area contributed by atoms with Gasteiger partial charge in [0.2, 0.25) is 11.8 Å². The van der Waals surface area contributed by atoms with E-state index >= 15 is 0 Å². The summed E-state index contributed by atoms with van der Waals surface area (Å²) in [5, 5.41) is 5.75. The van der Waals surface area contributed by atoms with Crippen molar-refractivity contribution in [1.82, 2.24) is 15.5 Å². The van der Waals surface area contributed by atoms with E-state index in [0.29, 0.717) is 0 Å². The Hall–Kier alpha value is -2.83. The van der Waals surface area contributed by atoms with Gasteiger partial charge in [-0.25, -0.2) is 4.79 Å². The molecule has 2 aliphatic rings. The minimum absolute atomic E-state index is 0.0209. The van der Waals surface area contributed by atoms with Gasteiger partial charge < -0.3 is 20.3 Å². The van der Waals surface area contributed by atoms with E-state index in [1.165, 1.54) is 6.42 Å². The summed E-state index contributed by atoms with van der Waals surface area (Å²) in [6.45, 7) is 8.91. The third-order valence-electron chi connectivity index (χ3n) is 5.95. The fraction of sp³-hybridized carbons (Fsp3) is 0.577. The van der Waals surface area contributed by atoms with Gasteiger partial charge in [-0.05, 0) is 63.6 Å². The van der Waals surface area contributed by atoms with Crippen molar-refractivity contribution in [2.45, 2.75) is 89.4 Å². The standard InChI is InChI=1S/C26H37N3O4/c1-5-18-10-9-11-19(16-18)23(24(31)28-20-12-7-6-8-13-20)29(21-14-15-21)22(30)17-27-25(32)33-26(2,3)4/h5,9-11,16,20-21,23H,1,6-8,12-15,17H2,2-4H3,(H,27,32)(H,28,31). The molecule has 3 amide bonds. The zero-order valence-corrected chi connectivity index (χ0v) is 20.1. The molecule has 0 bridgehead atoms. The topological polar surface area (TPSA) is 87.7 Å². The van der Waals surface area contributed by atoms with E-state index in [0.717, 1.165) is 49.7 Å². The highest BCUT2D eigenvalue weighted by Crippen LogP contribution is 2.35. The molecular weight excluding hydrogens is 418 g/mol. The predicted molar refractivity (Wildman–Crippen MR) is 128 cm³/mol. The van der Waals surface area contributed by atoms with Gasteiger partial charge >= 0.3 is 6.09 Å². The summed E-state index contributed by atoms with van der Waals surface area (Å²) in [5.74, 6) is -0.461. The molecule has 7 nitrogen and oxygen atoms in total. The fourth-order valence-corrected chi connectivity index (χ4v) is 4.29. The molecular formula is C26H37N3O4. The van der Waals surface area contributed by atoms with Crippen LogP contribution in [0.2, 0.25) is 0 Å². The highest BCUT2D eigenvalue weighted by Gasteiger charge is 2.41. The van der Waals surface area contributed by atoms with E-state index in [1.54, 1.807) is 31.7 Å². The van der Waals surface area contributed by atoms with Gasteiger partial charge in [-0.2, -0.15) is 0 Å². The Labute approximate surface area is 196 Å². The molecule has 2 aliphatic carbocycles. The number of amides is 3. The van der Waals surface area contributed by atoms with Gasteiger partial charge in [-0.15, -0.1) is 0 Å². The SMILES string of the molecule is C=Cc1cccc(C(C(=O)NC2CCCCC2)N(C(=O)CNC(=O)OC(C)(C)C)C2CC2)c1. The predicted octanol–water partition coefficient (Wildman–Crippen LogP) is 4.34. The summed E-state index contributed by atoms with van der Waals surface area (Å²) in [6.07, 6.45) is 8.08. The lowest BCUT2D eigenvalue weighted by molar-refractivity contribution is -0.141. The largest absolute Gasteiger partial charge is 0.444 e. The molecule has 33 heavy (non-hydrogen) atoms. The van der Waals surface area contributed by atoms with Crippen LogP contribution in [0.3, 0.4) is 0 Å². The van der Waals surface area contributed by atoms with Crippen LogP contribution in [-0.2, 0) is 14.3 Å². The van der Waals surface area contributed by atoms with E-state index in [-0.39, 0.29) is 30.4 Å². The molecule has 0 aliphatic heterocycles. The number of rotatable bonds is 8. The molecule has 0 saturated heterocycles. The van der Waals surface area contributed by atoms with Crippen LogP contribution in [0.25, 0.3) is 6.08 Å². The van der Waals surface area contributed by atoms with Crippen molar-refractivity contribution in [1.29, 1.82) is 0 Å². The first-order valence-corrected chi connectivity index (χ1v) is 12.0. The van der Waals surface area contributed by atoms with Gasteiger partial charge in [-0.3, -0.25) is 9.59 Å². The van der Waals surface area contributed by atoms with Crippen LogP contribution >= 0.6 is 0 Å². The maximum atomic E-state index is 13.6. The highest BCUT2D eigenvalue weighted by atomic mass is 16.6. The van der Waals surface area contributed by atoms with Crippen molar-refractivity contribution in [3.05, 3.63) is 42.0 Å². The number of ether oxygens (including phenoxy) is 1. The summed E-state index contributed by atoms with van der Waals surface area (Å²) < 4.78 is 5.26. The number of alkyl carbamates (subject to hydrolysis) is 1. The Balaban J connectivity index is 1.82. The van der Waals surface area contributed by atoms with Crippen LogP contribution in [0.5, 0.6) is 0 Å².